The zero-order valence-corrected chi connectivity index (χ0v) is 19.4. The van der Waals surface area contributed by atoms with Gasteiger partial charge < -0.3 is 10.2 Å². The monoisotopic (exact) mass is 468 g/mol. The van der Waals surface area contributed by atoms with Crippen LogP contribution in [0.5, 0.6) is 0 Å². The summed E-state index contributed by atoms with van der Waals surface area (Å²) in [5.74, 6) is 1.47. The fraction of sp³-hybridized carbons (Fsp3) is 0.280. The van der Waals surface area contributed by atoms with Crippen molar-refractivity contribution in [1.82, 2.24) is 4.98 Å². The number of carbonyl (C=O) groups is 1. The van der Waals surface area contributed by atoms with E-state index >= 15 is 0 Å². The van der Waals surface area contributed by atoms with Crippen LogP contribution in [0.2, 0.25) is 0 Å². The summed E-state index contributed by atoms with van der Waals surface area (Å²) in [5, 5.41) is 19.3. The molecular formula is C25H24FNO5P+. The molecule has 0 aliphatic heterocycles. The van der Waals surface area contributed by atoms with Gasteiger partial charge in [-0.3, -0.25) is 4.79 Å². The van der Waals surface area contributed by atoms with Crippen molar-refractivity contribution >= 4 is 24.9 Å². The number of aliphatic carboxylic acids is 1. The molecule has 3 rings (SSSR count). The van der Waals surface area contributed by atoms with E-state index in [4.69, 9.17) is 14.6 Å². The van der Waals surface area contributed by atoms with Crippen LogP contribution in [-0.2, 0) is 13.9 Å². The first kappa shape index (κ1) is 24.3. The van der Waals surface area contributed by atoms with Gasteiger partial charge in [0.25, 0.3) is 0 Å². The molecule has 0 radical (unpaired) electrons. The number of hydrogen-bond acceptors (Lipinski definition) is 5. The Morgan fingerprint density at radius 3 is 2.64 bits per heavy atom. The Morgan fingerprint density at radius 1 is 1.24 bits per heavy atom. The number of aliphatic hydroxyl groups is 1. The van der Waals surface area contributed by atoms with Crippen LogP contribution in [0.15, 0.2) is 42.5 Å². The van der Waals surface area contributed by atoms with E-state index in [2.05, 4.69) is 12.0 Å². The summed E-state index contributed by atoms with van der Waals surface area (Å²) in [6.07, 6.45) is 0.288. The van der Waals surface area contributed by atoms with Crippen LogP contribution in [0.25, 0.3) is 22.2 Å². The minimum absolute atomic E-state index is 0.0636. The normalized spacial score (nSPS) is 12.2. The van der Waals surface area contributed by atoms with E-state index in [9.17, 15) is 18.9 Å². The predicted octanol–water partition coefficient (Wildman–Crippen LogP) is 5.38. The van der Waals surface area contributed by atoms with Gasteiger partial charge in [0.15, 0.2) is 6.11 Å². The molecule has 0 saturated carbocycles. The molecule has 1 heterocycles. The quantitative estimate of drug-likeness (QED) is 0.357. The van der Waals surface area contributed by atoms with Gasteiger partial charge in [0.1, 0.15) is 11.9 Å². The van der Waals surface area contributed by atoms with Gasteiger partial charge in [0.2, 0.25) is 6.16 Å². The van der Waals surface area contributed by atoms with Gasteiger partial charge in [-0.1, -0.05) is 32.0 Å². The summed E-state index contributed by atoms with van der Waals surface area (Å²) < 4.78 is 31.1. The van der Waals surface area contributed by atoms with Crippen LogP contribution in [0.1, 0.15) is 42.9 Å². The summed E-state index contributed by atoms with van der Waals surface area (Å²) in [4.78, 5) is 15.4. The van der Waals surface area contributed by atoms with Gasteiger partial charge in [-0.15, -0.1) is 0 Å². The molecule has 0 aliphatic rings. The number of fused-ring (bicyclic) bond motifs is 1. The Labute approximate surface area is 192 Å². The fourth-order valence-electron chi connectivity index (χ4n) is 3.56. The van der Waals surface area contributed by atoms with Crippen molar-refractivity contribution in [2.75, 3.05) is 6.16 Å². The van der Waals surface area contributed by atoms with E-state index in [0.29, 0.717) is 22.4 Å². The second-order valence-corrected chi connectivity index (χ2v) is 9.18. The number of halogens is 1. The van der Waals surface area contributed by atoms with Crippen molar-refractivity contribution in [1.29, 1.82) is 0 Å². The number of para-hydroxylation sites is 1. The SMILES string of the molecule is Cc1cc(-c2nc3ccccc3c(C(C)C)c2C#CO[P+](=O)C[C@@H](O)CC(=O)O)ccc1F. The summed E-state index contributed by atoms with van der Waals surface area (Å²) in [7, 11) is -2.39. The Bertz CT molecular complexity index is 1280. The number of rotatable bonds is 7. The lowest BCUT2D eigenvalue weighted by Gasteiger charge is -2.16. The van der Waals surface area contributed by atoms with E-state index in [-0.39, 0.29) is 17.9 Å². The summed E-state index contributed by atoms with van der Waals surface area (Å²) in [5.41, 5.74) is 3.98. The molecule has 170 valence electrons. The number of pyridine rings is 1. The Morgan fingerprint density at radius 2 is 1.97 bits per heavy atom. The van der Waals surface area contributed by atoms with E-state index in [1.165, 1.54) is 6.07 Å². The molecule has 33 heavy (non-hydrogen) atoms. The maximum absolute atomic E-state index is 13.9. The van der Waals surface area contributed by atoms with Crippen LogP contribution in [0.3, 0.4) is 0 Å². The molecule has 2 N–H and O–H groups in total. The van der Waals surface area contributed by atoms with Crippen LogP contribution in [0.4, 0.5) is 4.39 Å². The average Bonchev–Trinajstić information content (AvgIpc) is 2.74. The average molecular weight is 468 g/mol. The Hall–Kier alpha value is -3.33. The van der Waals surface area contributed by atoms with Crippen molar-refractivity contribution in [2.24, 2.45) is 0 Å². The first-order valence-electron chi connectivity index (χ1n) is 10.4. The number of aliphatic hydroxyl groups excluding tert-OH is 1. The Kier molecular flexibility index (Phi) is 7.75. The highest BCUT2D eigenvalue weighted by atomic mass is 31.1. The van der Waals surface area contributed by atoms with Crippen molar-refractivity contribution in [3.63, 3.8) is 0 Å². The highest BCUT2D eigenvalue weighted by molar-refractivity contribution is 7.39. The van der Waals surface area contributed by atoms with Crippen molar-refractivity contribution in [3.8, 4) is 23.3 Å². The zero-order valence-electron chi connectivity index (χ0n) is 18.5. The van der Waals surface area contributed by atoms with E-state index < -0.39 is 26.5 Å². The van der Waals surface area contributed by atoms with Gasteiger partial charge in [-0.2, -0.15) is 4.52 Å². The van der Waals surface area contributed by atoms with E-state index in [1.54, 1.807) is 19.1 Å². The standard InChI is InChI=1S/C25H23FNO5P/c1-15(2)24-19-6-4-5-7-22(19)27-25(17-8-9-21(26)16(3)12-17)20(24)10-11-32-33(31)14-18(28)13-23(29)30/h4-9,12,15,18,28H,13-14H2,1-3H3/p+1/t18-/m0/s1. The first-order valence-corrected chi connectivity index (χ1v) is 11.7. The van der Waals surface area contributed by atoms with Gasteiger partial charge in [0, 0.05) is 10.9 Å². The molecule has 0 bridgehead atoms. The molecule has 0 fully saturated rings. The third-order valence-electron chi connectivity index (χ3n) is 5.03. The second kappa shape index (κ2) is 10.5. The second-order valence-electron chi connectivity index (χ2n) is 7.97. The molecular weight excluding hydrogens is 444 g/mol. The number of aryl methyl sites for hydroxylation is 1. The third kappa shape index (κ3) is 5.92. The smallest absolute Gasteiger partial charge is 0.481 e. The lowest BCUT2D eigenvalue weighted by atomic mass is 9.90. The van der Waals surface area contributed by atoms with E-state index in [1.807, 2.05) is 38.1 Å². The van der Waals surface area contributed by atoms with Gasteiger partial charge in [0.05, 0.1) is 23.2 Å². The molecule has 1 aromatic heterocycles. The fourth-order valence-corrected chi connectivity index (χ4v) is 4.26. The maximum Gasteiger partial charge on any atom is 0.567 e. The van der Waals surface area contributed by atoms with Crippen molar-refractivity contribution < 1.29 is 28.5 Å². The summed E-state index contributed by atoms with van der Waals surface area (Å²) in [6.45, 7) is 5.72. The molecule has 1 unspecified atom stereocenters. The molecule has 8 heteroatoms. The number of carboxylic acids is 1. The largest absolute Gasteiger partial charge is 0.567 e. The predicted molar refractivity (Wildman–Crippen MR) is 125 cm³/mol. The number of benzene rings is 2. The highest BCUT2D eigenvalue weighted by Crippen LogP contribution is 2.35. The number of hydrogen-bond donors (Lipinski definition) is 2. The van der Waals surface area contributed by atoms with Crippen molar-refractivity contribution in [3.05, 3.63) is 65.0 Å². The van der Waals surface area contributed by atoms with Crippen LogP contribution in [-0.4, -0.2) is 33.4 Å². The van der Waals surface area contributed by atoms with Crippen LogP contribution in [0, 0.1) is 24.8 Å². The summed E-state index contributed by atoms with van der Waals surface area (Å²) >= 11 is 0. The highest BCUT2D eigenvalue weighted by Gasteiger charge is 2.25. The number of nitrogens with zero attached hydrogens (tertiary/aromatic N) is 1. The van der Waals surface area contributed by atoms with Crippen LogP contribution < -0.4 is 0 Å². The van der Waals surface area contributed by atoms with Crippen molar-refractivity contribution in [2.45, 2.75) is 39.2 Å². The van der Waals surface area contributed by atoms with Gasteiger partial charge >= 0.3 is 14.0 Å². The lowest BCUT2D eigenvalue weighted by molar-refractivity contribution is -0.138. The topological polar surface area (TPSA) is 96.7 Å². The maximum atomic E-state index is 13.9. The van der Waals surface area contributed by atoms with E-state index in [0.717, 1.165) is 16.5 Å². The number of carboxylic acid groups (broad SMARTS) is 1. The molecule has 3 aromatic rings. The first-order chi connectivity index (χ1) is 15.7. The molecule has 0 aliphatic carbocycles. The number of aromatic nitrogens is 1. The molecule has 0 spiro atoms. The molecule has 6 nitrogen and oxygen atoms in total. The van der Waals surface area contributed by atoms with Gasteiger partial charge in [-0.05, 0) is 58.7 Å². The third-order valence-corrected chi connectivity index (χ3v) is 6.05. The molecule has 0 amide bonds. The molecule has 0 saturated heterocycles. The lowest BCUT2D eigenvalue weighted by Crippen LogP contribution is -2.15. The minimum atomic E-state index is -2.39. The van der Waals surface area contributed by atoms with Gasteiger partial charge in [-0.25, -0.2) is 9.37 Å². The molecule has 2 aromatic carbocycles. The Balaban J connectivity index is 2.08. The zero-order chi connectivity index (χ0) is 24.1. The minimum Gasteiger partial charge on any atom is -0.481 e. The summed E-state index contributed by atoms with van der Waals surface area (Å²) in [6, 6.07) is 12.4. The molecule has 2 atom stereocenters. The van der Waals surface area contributed by atoms with Crippen LogP contribution >= 0.6 is 8.03 Å².